The number of likely N-dealkylation sites (tertiary alicyclic amines) is 1. The van der Waals surface area contributed by atoms with Crippen LogP contribution in [0.25, 0.3) is 0 Å². The molecular weight excluding hydrogens is 210 g/mol. The Morgan fingerprint density at radius 1 is 1.06 bits per heavy atom. The molecule has 17 heavy (non-hydrogen) atoms. The quantitative estimate of drug-likeness (QED) is 0.817. The van der Waals surface area contributed by atoms with E-state index in [1.807, 2.05) is 0 Å². The molecule has 1 saturated heterocycles. The maximum Gasteiger partial charge on any atom is 0.0695 e. The lowest BCUT2D eigenvalue weighted by atomic mass is 9.73. The van der Waals surface area contributed by atoms with Gasteiger partial charge in [-0.3, -0.25) is 4.90 Å². The maximum atomic E-state index is 10.1. The lowest BCUT2D eigenvalue weighted by Crippen LogP contribution is -2.50. The van der Waals surface area contributed by atoms with Gasteiger partial charge in [-0.2, -0.15) is 0 Å². The van der Waals surface area contributed by atoms with Crippen LogP contribution in [0.2, 0.25) is 0 Å². The summed E-state index contributed by atoms with van der Waals surface area (Å²) in [6.07, 6.45) is 10.0. The lowest BCUT2D eigenvalue weighted by molar-refractivity contribution is -0.0140. The number of aliphatic hydroxyl groups excluding tert-OH is 1. The van der Waals surface area contributed by atoms with Gasteiger partial charge in [-0.05, 0) is 44.2 Å². The largest absolute Gasteiger partial charge is 0.391 e. The van der Waals surface area contributed by atoms with Crippen LogP contribution in [0.4, 0.5) is 0 Å². The molecule has 0 bridgehead atoms. The van der Waals surface area contributed by atoms with Gasteiger partial charge in [0.05, 0.1) is 6.10 Å². The number of hydrogen-bond donors (Lipinski definition) is 1. The van der Waals surface area contributed by atoms with E-state index in [1.54, 1.807) is 0 Å². The Morgan fingerprint density at radius 2 is 1.65 bits per heavy atom. The van der Waals surface area contributed by atoms with E-state index in [0.717, 1.165) is 6.42 Å². The molecule has 1 aliphatic carbocycles. The van der Waals surface area contributed by atoms with Crippen LogP contribution >= 0.6 is 0 Å². The fourth-order valence-corrected chi connectivity index (χ4v) is 3.80. The Hall–Kier alpha value is -0.0800. The topological polar surface area (TPSA) is 23.5 Å². The van der Waals surface area contributed by atoms with Crippen molar-refractivity contribution in [3.8, 4) is 0 Å². The minimum atomic E-state index is -0.0560. The second kappa shape index (κ2) is 5.71. The first-order valence-corrected chi connectivity index (χ1v) is 7.63. The van der Waals surface area contributed by atoms with Crippen LogP contribution in [-0.4, -0.2) is 35.2 Å². The van der Waals surface area contributed by atoms with Crippen LogP contribution < -0.4 is 0 Å². The molecule has 1 heterocycles. The normalized spacial score (nSPS) is 34.8. The molecule has 0 aromatic rings. The van der Waals surface area contributed by atoms with Crippen molar-refractivity contribution in [2.45, 2.75) is 77.4 Å². The molecule has 0 spiro atoms. The number of rotatable bonds is 3. The van der Waals surface area contributed by atoms with E-state index in [0.29, 0.717) is 11.5 Å². The van der Waals surface area contributed by atoms with Gasteiger partial charge < -0.3 is 5.11 Å². The highest BCUT2D eigenvalue weighted by atomic mass is 16.3. The minimum Gasteiger partial charge on any atom is -0.391 e. The van der Waals surface area contributed by atoms with E-state index in [-0.39, 0.29) is 6.10 Å². The number of piperidine rings is 1. The molecule has 0 unspecified atom stereocenters. The average molecular weight is 239 g/mol. The molecule has 0 aromatic heterocycles. The Balaban J connectivity index is 1.89. The number of nitrogens with zero attached hydrogens (tertiary/aromatic N) is 1. The van der Waals surface area contributed by atoms with Gasteiger partial charge in [0.2, 0.25) is 0 Å². The number of hydrogen-bond acceptors (Lipinski definition) is 2. The van der Waals surface area contributed by atoms with Gasteiger partial charge in [-0.25, -0.2) is 0 Å². The fraction of sp³-hybridized carbons (Fsp3) is 1.00. The van der Waals surface area contributed by atoms with Crippen molar-refractivity contribution in [2.75, 3.05) is 13.1 Å². The summed E-state index contributed by atoms with van der Waals surface area (Å²) >= 11 is 0. The zero-order chi connectivity index (χ0) is 12.3. The molecule has 2 rings (SSSR count). The average Bonchev–Trinajstić information content (AvgIpc) is 2.40. The summed E-state index contributed by atoms with van der Waals surface area (Å²) in [7, 11) is 0. The van der Waals surface area contributed by atoms with Crippen LogP contribution in [0, 0.1) is 5.41 Å². The van der Waals surface area contributed by atoms with Crippen LogP contribution in [-0.2, 0) is 0 Å². The Labute approximate surface area is 106 Å². The number of aliphatic hydroxyl groups is 1. The standard InChI is InChI=1S/C15H29NO/c1-3-15(4-2)9-11-16(12-10-15)13-7-5-6-8-14(13)17/h13-14,17H,3-12H2,1-2H3/t13-,14-/m0/s1. The third-order valence-corrected chi connectivity index (χ3v) is 5.52. The van der Waals surface area contributed by atoms with Crippen LogP contribution in [0.15, 0.2) is 0 Å². The predicted octanol–water partition coefficient (Wildman–Crippen LogP) is 3.19. The third-order valence-electron chi connectivity index (χ3n) is 5.52. The van der Waals surface area contributed by atoms with Crippen molar-refractivity contribution in [3.05, 3.63) is 0 Å². The third kappa shape index (κ3) is 2.85. The van der Waals surface area contributed by atoms with Crippen LogP contribution in [0.5, 0.6) is 0 Å². The lowest BCUT2D eigenvalue weighted by Gasteiger charge is -2.46. The fourth-order valence-electron chi connectivity index (χ4n) is 3.80. The van der Waals surface area contributed by atoms with E-state index in [1.165, 1.54) is 58.0 Å². The predicted molar refractivity (Wildman–Crippen MR) is 72.1 cm³/mol. The first-order chi connectivity index (χ1) is 8.21. The van der Waals surface area contributed by atoms with Crippen molar-refractivity contribution in [1.82, 2.24) is 4.90 Å². The first kappa shape index (κ1) is 13.4. The van der Waals surface area contributed by atoms with Crippen LogP contribution in [0.1, 0.15) is 65.2 Å². The van der Waals surface area contributed by atoms with E-state index in [4.69, 9.17) is 0 Å². The zero-order valence-corrected chi connectivity index (χ0v) is 11.6. The Morgan fingerprint density at radius 3 is 2.18 bits per heavy atom. The van der Waals surface area contributed by atoms with Crippen molar-refractivity contribution < 1.29 is 5.11 Å². The molecule has 0 amide bonds. The highest BCUT2D eigenvalue weighted by molar-refractivity contribution is 4.90. The molecule has 1 saturated carbocycles. The van der Waals surface area contributed by atoms with Gasteiger partial charge >= 0.3 is 0 Å². The minimum absolute atomic E-state index is 0.0560. The molecule has 1 N–H and O–H groups in total. The zero-order valence-electron chi connectivity index (χ0n) is 11.6. The SMILES string of the molecule is CCC1(CC)CCN([C@H]2CCCC[C@@H]2O)CC1. The van der Waals surface area contributed by atoms with E-state index in [9.17, 15) is 5.11 Å². The molecule has 100 valence electrons. The summed E-state index contributed by atoms with van der Waals surface area (Å²) in [4.78, 5) is 2.58. The van der Waals surface area contributed by atoms with E-state index >= 15 is 0 Å². The monoisotopic (exact) mass is 239 g/mol. The summed E-state index contributed by atoms with van der Waals surface area (Å²) in [6, 6.07) is 0.468. The van der Waals surface area contributed by atoms with Crippen molar-refractivity contribution >= 4 is 0 Å². The van der Waals surface area contributed by atoms with Gasteiger partial charge in [0.15, 0.2) is 0 Å². The Kier molecular flexibility index (Phi) is 4.48. The van der Waals surface area contributed by atoms with Crippen LogP contribution in [0.3, 0.4) is 0 Å². The van der Waals surface area contributed by atoms with Gasteiger partial charge in [-0.1, -0.05) is 39.5 Å². The van der Waals surface area contributed by atoms with Gasteiger partial charge in [-0.15, -0.1) is 0 Å². The second-order valence-electron chi connectivity index (χ2n) is 6.16. The van der Waals surface area contributed by atoms with E-state index in [2.05, 4.69) is 18.7 Å². The summed E-state index contributed by atoms with van der Waals surface area (Å²) in [6.45, 7) is 7.11. The van der Waals surface area contributed by atoms with Gasteiger partial charge in [0.25, 0.3) is 0 Å². The molecule has 0 radical (unpaired) electrons. The molecule has 2 heteroatoms. The Bertz CT molecular complexity index is 227. The molecule has 2 aliphatic rings. The molecule has 2 fully saturated rings. The summed E-state index contributed by atoms with van der Waals surface area (Å²) in [5.41, 5.74) is 0.607. The summed E-state index contributed by atoms with van der Waals surface area (Å²) < 4.78 is 0. The second-order valence-corrected chi connectivity index (χ2v) is 6.16. The molecular formula is C15H29NO. The van der Waals surface area contributed by atoms with Gasteiger partial charge in [0.1, 0.15) is 0 Å². The molecule has 0 aromatic carbocycles. The first-order valence-electron chi connectivity index (χ1n) is 7.63. The molecule has 1 aliphatic heterocycles. The smallest absolute Gasteiger partial charge is 0.0695 e. The van der Waals surface area contributed by atoms with E-state index < -0.39 is 0 Å². The van der Waals surface area contributed by atoms with Gasteiger partial charge in [0, 0.05) is 6.04 Å². The van der Waals surface area contributed by atoms with Crippen molar-refractivity contribution in [1.29, 1.82) is 0 Å². The molecule has 2 nitrogen and oxygen atoms in total. The van der Waals surface area contributed by atoms with Crippen molar-refractivity contribution in [2.24, 2.45) is 5.41 Å². The highest BCUT2D eigenvalue weighted by Gasteiger charge is 2.36. The highest BCUT2D eigenvalue weighted by Crippen LogP contribution is 2.39. The maximum absolute atomic E-state index is 10.1. The molecule has 2 atom stereocenters. The van der Waals surface area contributed by atoms with Crippen molar-refractivity contribution in [3.63, 3.8) is 0 Å². The summed E-state index contributed by atoms with van der Waals surface area (Å²) in [5, 5.41) is 10.1. The summed E-state index contributed by atoms with van der Waals surface area (Å²) in [5.74, 6) is 0.